The number of hydrogen-bond donors (Lipinski definition) is 0. The minimum atomic E-state index is 0.102. The average molecular weight is 399 g/mol. The number of rotatable bonds is 4. The number of aromatic nitrogens is 4. The maximum Gasteiger partial charge on any atom is 0.272 e. The largest absolute Gasteiger partial charge is 0.339 e. The molecule has 1 unspecified atom stereocenters. The maximum atomic E-state index is 12.9. The molecule has 0 bridgehead atoms. The van der Waals surface area contributed by atoms with Crippen LogP contribution in [0.1, 0.15) is 79.6 Å². The van der Waals surface area contributed by atoms with E-state index in [9.17, 15) is 4.79 Å². The van der Waals surface area contributed by atoms with Crippen molar-refractivity contribution in [2.75, 3.05) is 26.7 Å². The molecule has 2 aromatic heterocycles. The van der Waals surface area contributed by atoms with Crippen LogP contribution in [0.5, 0.6) is 0 Å². The zero-order valence-corrected chi connectivity index (χ0v) is 17.4. The number of nitrogens with zero attached hydrogens (tertiary/aromatic N) is 6. The van der Waals surface area contributed by atoms with E-state index in [0.717, 1.165) is 50.6 Å². The van der Waals surface area contributed by atoms with Crippen LogP contribution in [-0.2, 0) is 6.54 Å². The van der Waals surface area contributed by atoms with Gasteiger partial charge < -0.3 is 9.42 Å². The summed E-state index contributed by atoms with van der Waals surface area (Å²) in [4.78, 5) is 22.0. The van der Waals surface area contributed by atoms with Crippen molar-refractivity contribution >= 4 is 5.91 Å². The Morgan fingerprint density at radius 3 is 2.79 bits per heavy atom. The van der Waals surface area contributed by atoms with Crippen LogP contribution >= 0.6 is 0 Å². The summed E-state index contributed by atoms with van der Waals surface area (Å²) in [7, 11) is 2.16. The first-order valence-corrected chi connectivity index (χ1v) is 10.9. The van der Waals surface area contributed by atoms with Crippen LogP contribution in [0.4, 0.5) is 0 Å². The van der Waals surface area contributed by atoms with E-state index in [4.69, 9.17) is 9.51 Å². The van der Waals surface area contributed by atoms with E-state index in [2.05, 4.69) is 22.2 Å². The highest BCUT2D eigenvalue weighted by Gasteiger charge is 2.47. The van der Waals surface area contributed by atoms with Gasteiger partial charge in [0, 0.05) is 38.3 Å². The van der Waals surface area contributed by atoms with Gasteiger partial charge in [0.25, 0.3) is 5.91 Å². The van der Waals surface area contributed by atoms with E-state index in [0.29, 0.717) is 18.2 Å². The highest BCUT2D eigenvalue weighted by molar-refractivity contribution is 5.92. The first-order chi connectivity index (χ1) is 14.1. The number of likely N-dealkylation sites (tertiary alicyclic amines) is 2. The Morgan fingerprint density at radius 2 is 2.10 bits per heavy atom. The van der Waals surface area contributed by atoms with E-state index in [-0.39, 0.29) is 17.4 Å². The minimum absolute atomic E-state index is 0.102. The summed E-state index contributed by atoms with van der Waals surface area (Å²) in [5, 5.41) is 8.56. The molecule has 1 aliphatic carbocycles. The first-order valence-electron chi connectivity index (χ1n) is 10.9. The average Bonchev–Trinajstić information content (AvgIpc) is 3.40. The molecule has 1 saturated carbocycles. The molecule has 2 saturated heterocycles. The Kier molecular flexibility index (Phi) is 4.69. The van der Waals surface area contributed by atoms with Crippen molar-refractivity contribution in [1.29, 1.82) is 0 Å². The minimum Gasteiger partial charge on any atom is -0.339 e. The van der Waals surface area contributed by atoms with Gasteiger partial charge in [0.1, 0.15) is 5.69 Å². The topological polar surface area (TPSA) is 80.3 Å². The van der Waals surface area contributed by atoms with Crippen molar-refractivity contribution < 1.29 is 9.32 Å². The van der Waals surface area contributed by atoms with Crippen molar-refractivity contribution in [1.82, 2.24) is 29.7 Å². The second kappa shape index (κ2) is 7.23. The van der Waals surface area contributed by atoms with Gasteiger partial charge >= 0.3 is 0 Å². The molecule has 4 heterocycles. The fraction of sp³-hybridized carbons (Fsp3) is 0.714. The number of carbonyl (C=O) groups is 1. The highest BCUT2D eigenvalue weighted by Crippen LogP contribution is 2.48. The lowest BCUT2D eigenvalue weighted by atomic mass is 9.76. The van der Waals surface area contributed by atoms with E-state index in [1.165, 1.54) is 19.3 Å². The quantitative estimate of drug-likeness (QED) is 0.788. The summed E-state index contributed by atoms with van der Waals surface area (Å²) in [6.07, 6.45) is 8.41. The van der Waals surface area contributed by atoms with Gasteiger partial charge in [0.2, 0.25) is 5.89 Å². The Hall–Kier alpha value is -2.22. The summed E-state index contributed by atoms with van der Waals surface area (Å²) < 4.78 is 7.35. The van der Waals surface area contributed by atoms with Gasteiger partial charge in [-0.25, -0.2) is 0 Å². The zero-order valence-electron chi connectivity index (χ0n) is 17.4. The van der Waals surface area contributed by atoms with Gasteiger partial charge in [-0.2, -0.15) is 10.1 Å². The van der Waals surface area contributed by atoms with Gasteiger partial charge in [0.05, 0.1) is 6.04 Å². The summed E-state index contributed by atoms with van der Waals surface area (Å²) in [6.45, 7) is 5.35. The number of piperidine rings is 1. The van der Waals surface area contributed by atoms with Gasteiger partial charge in [0.15, 0.2) is 5.82 Å². The molecule has 3 fully saturated rings. The SMILES string of the molecule is CCn1nccc1C(=O)N1CCC2(CC1)CC(c1noc(C3CCC3)n1)N(C)C2. The molecule has 1 spiro atoms. The Balaban J connectivity index is 1.24. The van der Waals surface area contributed by atoms with Crippen molar-refractivity contribution in [3.63, 3.8) is 0 Å². The van der Waals surface area contributed by atoms with Crippen LogP contribution in [0.2, 0.25) is 0 Å². The maximum absolute atomic E-state index is 12.9. The van der Waals surface area contributed by atoms with Gasteiger partial charge in [-0.1, -0.05) is 11.6 Å². The van der Waals surface area contributed by atoms with Gasteiger partial charge in [-0.05, 0) is 57.6 Å². The summed E-state index contributed by atoms with van der Waals surface area (Å²) in [6, 6.07) is 2.04. The summed E-state index contributed by atoms with van der Waals surface area (Å²) in [5.74, 6) is 2.25. The predicted molar refractivity (Wildman–Crippen MR) is 106 cm³/mol. The molecule has 5 rings (SSSR count). The van der Waals surface area contributed by atoms with Crippen molar-refractivity contribution in [3.05, 3.63) is 29.7 Å². The lowest BCUT2D eigenvalue weighted by Crippen LogP contribution is -2.44. The third-order valence-electron chi connectivity index (χ3n) is 7.30. The van der Waals surface area contributed by atoms with E-state index in [1.54, 1.807) is 10.9 Å². The van der Waals surface area contributed by atoms with Crippen LogP contribution in [0.3, 0.4) is 0 Å². The van der Waals surface area contributed by atoms with Crippen LogP contribution < -0.4 is 0 Å². The van der Waals surface area contributed by atoms with Gasteiger partial charge in [-0.15, -0.1) is 0 Å². The first kappa shape index (κ1) is 18.8. The molecule has 1 atom stereocenters. The molecule has 2 aromatic rings. The molecule has 0 radical (unpaired) electrons. The lowest BCUT2D eigenvalue weighted by Gasteiger charge is -2.39. The summed E-state index contributed by atoms with van der Waals surface area (Å²) >= 11 is 0. The molecule has 0 N–H and O–H groups in total. The summed E-state index contributed by atoms with van der Waals surface area (Å²) in [5.41, 5.74) is 0.929. The smallest absolute Gasteiger partial charge is 0.272 e. The predicted octanol–water partition coefficient (Wildman–Crippen LogP) is 2.85. The lowest BCUT2D eigenvalue weighted by molar-refractivity contribution is 0.0581. The number of amides is 1. The number of carbonyl (C=O) groups excluding carboxylic acids is 1. The zero-order chi connectivity index (χ0) is 20.0. The third kappa shape index (κ3) is 3.27. The molecule has 8 heteroatoms. The van der Waals surface area contributed by atoms with E-state index < -0.39 is 0 Å². The monoisotopic (exact) mass is 398 g/mol. The molecule has 156 valence electrons. The third-order valence-corrected chi connectivity index (χ3v) is 7.30. The Labute approximate surface area is 171 Å². The van der Waals surface area contributed by atoms with Crippen LogP contribution in [-0.4, -0.2) is 62.3 Å². The molecule has 0 aromatic carbocycles. The number of hydrogen-bond acceptors (Lipinski definition) is 6. The van der Waals surface area contributed by atoms with Crippen LogP contribution in [0.15, 0.2) is 16.8 Å². The Morgan fingerprint density at radius 1 is 1.31 bits per heavy atom. The molecule has 8 nitrogen and oxygen atoms in total. The van der Waals surface area contributed by atoms with E-state index >= 15 is 0 Å². The molecular formula is C21H30N6O2. The molecule has 3 aliphatic rings. The normalized spacial score (nSPS) is 24.9. The molecule has 1 amide bonds. The molecular weight excluding hydrogens is 368 g/mol. The Bertz CT molecular complexity index is 877. The fourth-order valence-corrected chi connectivity index (χ4v) is 5.24. The molecule has 2 aliphatic heterocycles. The highest BCUT2D eigenvalue weighted by atomic mass is 16.5. The van der Waals surface area contributed by atoms with E-state index in [1.807, 2.05) is 17.9 Å². The van der Waals surface area contributed by atoms with Crippen LogP contribution in [0, 0.1) is 5.41 Å². The van der Waals surface area contributed by atoms with Crippen LogP contribution in [0.25, 0.3) is 0 Å². The number of aryl methyl sites for hydroxylation is 1. The van der Waals surface area contributed by atoms with Crippen molar-refractivity contribution in [3.8, 4) is 0 Å². The fourth-order valence-electron chi connectivity index (χ4n) is 5.24. The molecule has 29 heavy (non-hydrogen) atoms. The second-order valence-corrected chi connectivity index (χ2v) is 9.08. The second-order valence-electron chi connectivity index (χ2n) is 9.08. The van der Waals surface area contributed by atoms with Crippen molar-refractivity contribution in [2.24, 2.45) is 5.41 Å². The van der Waals surface area contributed by atoms with Gasteiger partial charge in [-0.3, -0.25) is 14.4 Å². The standard InChI is InChI=1S/C21H30N6O2/c1-3-27-16(7-10-22-27)20(28)26-11-8-21(9-12-26)13-17(25(2)14-21)18-23-19(29-24-18)15-5-4-6-15/h7,10,15,17H,3-6,8-9,11-14H2,1-2H3. The van der Waals surface area contributed by atoms with Crippen molar-refractivity contribution in [2.45, 2.75) is 64.0 Å².